The van der Waals surface area contributed by atoms with Gasteiger partial charge in [-0.1, -0.05) is 0 Å². The summed E-state index contributed by atoms with van der Waals surface area (Å²) >= 11 is 0. The molecule has 5 N–H and O–H groups in total. The Morgan fingerprint density at radius 2 is 2.00 bits per heavy atom. The molecule has 10 nitrogen and oxygen atoms in total. The van der Waals surface area contributed by atoms with E-state index in [-0.39, 0.29) is 17.1 Å². The molecule has 0 aliphatic carbocycles. The number of nitrogens with one attached hydrogen (secondary N) is 1. The normalized spacial score (nSPS) is 28.1. The van der Waals surface area contributed by atoms with E-state index >= 15 is 0 Å². The number of aromatic hydroxyl groups is 1. The van der Waals surface area contributed by atoms with Gasteiger partial charge in [0.2, 0.25) is 12.2 Å². The number of amides is 1. The Hall–Kier alpha value is -2.66. The van der Waals surface area contributed by atoms with E-state index in [4.69, 9.17) is 13.9 Å². The van der Waals surface area contributed by atoms with Gasteiger partial charge in [-0.05, 0) is 12.1 Å². The average Bonchev–Trinajstić information content (AvgIpc) is 2.61. The van der Waals surface area contributed by atoms with Crippen LogP contribution in [-0.2, 0) is 9.53 Å². The number of phenols is 1. The lowest BCUT2D eigenvalue weighted by Crippen LogP contribution is -2.65. The molecule has 1 aliphatic rings. The first-order chi connectivity index (χ1) is 12.8. The second-order valence-electron chi connectivity index (χ2n) is 6.16. The number of hydrogen-bond acceptors (Lipinski definition) is 9. The monoisotopic (exact) mass is 381 g/mol. The summed E-state index contributed by atoms with van der Waals surface area (Å²) in [4.78, 5) is 22.7. The van der Waals surface area contributed by atoms with Crippen molar-refractivity contribution in [3.05, 3.63) is 34.7 Å². The van der Waals surface area contributed by atoms with Crippen molar-refractivity contribution in [3.63, 3.8) is 0 Å². The third-order valence-corrected chi connectivity index (χ3v) is 4.19. The van der Waals surface area contributed by atoms with Crippen LogP contribution in [0, 0.1) is 0 Å². The van der Waals surface area contributed by atoms with Crippen molar-refractivity contribution in [3.8, 4) is 11.5 Å². The highest BCUT2D eigenvalue weighted by atomic mass is 16.7. The maximum atomic E-state index is 11.4. The van der Waals surface area contributed by atoms with Gasteiger partial charge < -0.3 is 39.6 Å². The molecule has 3 rings (SSSR count). The first-order valence-electron chi connectivity index (χ1n) is 8.13. The van der Waals surface area contributed by atoms with Crippen LogP contribution >= 0.6 is 0 Å². The summed E-state index contributed by atoms with van der Waals surface area (Å²) in [5.74, 6) is -0.949. The van der Waals surface area contributed by atoms with Crippen LogP contribution in [0.4, 0.5) is 0 Å². The van der Waals surface area contributed by atoms with Gasteiger partial charge in [0.1, 0.15) is 29.9 Å². The van der Waals surface area contributed by atoms with Crippen molar-refractivity contribution < 1.29 is 39.1 Å². The number of phenolic OH excluding ortho intramolecular Hbond substituents is 1. The first-order valence-corrected chi connectivity index (χ1v) is 8.13. The lowest BCUT2D eigenvalue weighted by atomic mass is 9.97. The zero-order valence-corrected chi connectivity index (χ0v) is 14.2. The van der Waals surface area contributed by atoms with Crippen molar-refractivity contribution in [2.75, 3.05) is 6.61 Å². The summed E-state index contributed by atoms with van der Waals surface area (Å²) in [7, 11) is 0. The third kappa shape index (κ3) is 3.88. The molecular weight excluding hydrogens is 362 g/mol. The Labute approximate surface area is 152 Å². The summed E-state index contributed by atoms with van der Waals surface area (Å²) < 4.78 is 16.0. The predicted molar refractivity (Wildman–Crippen MR) is 90.1 cm³/mol. The summed E-state index contributed by atoms with van der Waals surface area (Å²) in [6.07, 6.45) is -5.41. The van der Waals surface area contributed by atoms with E-state index in [2.05, 4.69) is 5.32 Å². The standard InChI is InChI=1S/C17H19NO9/c1-7(20)18-14-16(24)15(23)12(6-19)27-17(14)26-11-4-8-2-3-13(22)25-10(8)5-9(11)21/h2-5,12,14-17,19,21,23-24H,6H2,1H3,(H,18,20). The topological polar surface area (TPSA) is 159 Å². The number of fused-ring (bicyclic) bond motifs is 1. The fourth-order valence-electron chi connectivity index (χ4n) is 2.87. The minimum absolute atomic E-state index is 0.0722. The number of carbonyl (C=O) groups is 1. The smallest absolute Gasteiger partial charge is 0.336 e. The molecule has 0 radical (unpaired) electrons. The van der Waals surface area contributed by atoms with E-state index in [0.717, 1.165) is 0 Å². The second-order valence-corrected chi connectivity index (χ2v) is 6.16. The number of aliphatic hydroxyl groups is 3. The van der Waals surface area contributed by atoms with Crippen LogP contribution in [0.5, 0.6) is 11.5 Å². The van der Waals surface area contributed by atoms with Crippen LogP contribution < -0.4 is 15.7 Å². The van der Waals surface area contributed by atoms with Crippen LogP contribution in [0.15, 0.2) is 33.5 Å². The fraction of sp³-hybridized carbons (Fsp3) is 0.412. The van der Waals surface area contributed by atoms with Crippen molar-refractivity contribution in [1.82, 2.24) is 5.32 Å². The molecule has 0 spiro atoms. The van der Waals surface area contributed by atoms with Crippen LogP contribution in [0.25, 0.3) is 11.0 Å². The van der Waals surface area contributed by atoms with E-state index in [1.54, 1.807) is 0 Å². The Kier molecular flexibility index (Phi) is 5.33. The van der Waals surface area contributed by atoms with Crippen molar-refractivity contribution >= 4 is 16.9 Å². The molecule has 10 heteroatoms. The first kappa shape index (κ1) is 19.1. The zero-order valence-electron chi connectivity index (χ0n) is 14.2. The number of rotatable bonds is 4. The van der Waals surface area contributed by atoms with Crippen LogP contribution in [-0.4, -0.2) is 63.6 Å². The van der Waals surface area contributed by atoms with Gasteiger partial charge in [0.05, 0.1) is 6.61 Å². The Balaban J connectivity index is 1.94. The number of ether oxygens (including phenoxy) is 2. The highest BCUT2D eigenvalue weighted by Gasteiger charge is 2.46. The molecule has 2 aromatic rings. The Bertz CT molecular complexity index is 896. The van der Waals surface area contributed by atoms with E-state index < -0.39 is 48.8 Å². The fourth-order valence-corrected chi connectivity index (χ4v) is 2.87. The highest BCUT2D eigenvalue weighted by molar-refractivity contribution is 5.80. The van der Waals surface area contributed by atoms with Gasteiger partial charge in [0.15, 0.2) is 11.5 Å². The minimum Gasteiger partial charge on any atom is -0.504 e. The van der Waals surface area contributed by atoms with E-state index in [0.29, 0.717) is 5.39 Å². The second kappa shape index (κ2) is 7.53. The van der Waals surface area contributed by atoms with Crippen molar-refractivity contribution in [2.24, 2.45) is 0 Å². The van der Waals surface area contributed by atoms with Gasteiger partial charge in [-0.25, -0.2) is 4.79 Å². The molecule has 146 valence electrons. The molecule has 1 aromatic heterocycles. The van der Waals surface area contributed by atoms with Crippen LogP contribution in [0.1, 0.15) is 6.92 Å². The molecule has 1 aromatic carbocycles. The van der Waals surface area contributed by atoms with Crippen molar-refractivity contribution in [1.29, 1.82) is 0 Å². The van der Waals surface area contributed by atoms with Gasteiger partial charge >= 0.3 is 5.63 Å². The number of carbonyl (C=O) groups excluding carboxylic acids is 1. The number of hydrogen-bond donors (Lipinski definition) is 5. The molecule has 1 aliphatic heterocycles. The Morgan fingerprint density at radius 1 is 1.26 bits per heavy atom. The summed E-state index contributed by atoms with van der Waals surface area (Å²) in [6, 6.07) is 4.06. The Morgan fingerprint density at radius 3 is 2.67 bits per heavy atom. The molecule has 27 heavy (non-hydrogen) atoms. The van der Waals surface area contributed by atoms with E-state index in [1.165, 1.54) is 31.2 Å². The summed E-state index contributed by atoms with van der Waals surface area (Å²) in [6.45, 7) is 0.615. The summed E-state index contributed by atoms with van der Waals surface area (Å²) in [5, 5.41) is 42.6. The van der Waals surface area contributed by atoms with Crippen LogP contribution in [0.3, 0.4) is 0 Å². The van der Waals surface area contributed by atoms with Gasteiger partial charge in [0, 0.05) is 24.4 Å². The zero-order chi connectivity index (χ0) is 19.7. The number of benzene rings is 1. The average molecular weight is 381 g/mol. The highest BCUT2D eigenvalue weighted by Crippen LogP contribution is 2.33. The third-order valence-electron chi connectivity index (χ3n) is 4.19. The molecule has 5 atom stereocenters. The quantitative estimate of drug-likeness (QED) is 0.411. The largest absolute Gasteiger partial charge is 0.504 e. The SMILES string of the molecule is CC(=O)NC1C(Oc2cc3ccc(=O)oc3cc2O)OC(CO)C(O)C1O. The van der Waals surface area contributed by atoms with E-state index in [9.17, 15) is 30.0 Å². The van der Waals surface area contributed by atoms with Crippen molar-refractivity contribution in [2.45, 2.75) is 37.6 Å². The molecular formula is C17H19NO9. The van der Waals surface area contributed by atoms with Gasteiger partial charge in [-0.15, -0.1) is 0 Å². The van der Waals surface area contributed by atoms with Gasteiger partial charge in [0.25, 0.3) is 0 Å². The lowest BCUT2D eigenvalue weighted by Gasteiger charge is -2.42. The van der Waals surface area contributed by atoms with Crippen LogP contribution in [0.2, 0.25) is 0 Å². The maximum Gasteiger partial charge on any atom is 0.336 e. The molecule has 0 saturated carbocycles. The molecule has 1 amide bonds. The minimum atomic E-state index is -1.48. The van der Waals surface area contributed by atoms with E-state index in [1.807, 2.05) is 0 Å². The summed E-state index contributed by atoms with van der Waals surface area (Å²) in [5.41, 5.74) is -0.446. The molecule has 5 unspecified atom stereocenters. The molecule has 2 heterocycles. The molecule has 1 saturated heterocycles. The molecule has 1 fully saturated rings. The van der Waals surface area contributed by atoms with Gasteiger partial charge in [-0.3, -0.25) is 4.79 Å². The molecule has 0 bridgehead atoms. The number of aliphatic hydroxyl groups excluding tert-OH is 3. The maximum absolute atomic E-state index is 11.4. The van der Waals surface area contributed by atoms with Gasteiger partial charge in [-0.2, -0.15) is 0 Å². The lowest BCUT2D eigenvalue weighted by molar-refractivity contribution is -0.244. The predicted octanol–water partition coefficient (Wildman–Crippen LogP) is -1.18.